The number of hydrogen-bond acceptors (Lipinski definition) is 1. The van der Waals surface area contributed by atoms with E-state index in [2.05, 4.69) is 19.2 Å². The molecule has 1 heteroatoms. The summed E-state index contributed by atoms with van der Waals surface area (Å²) >= 11 is 0. The minimum Gasteiger partial charge on any atom is -0.316 e. The van der Waals surface area contributed by atoms with Gasteiger partial charge in [0.2, 0.25) is 0 Å². The van der Waals surface area contributed by atoms with Crippen LogP contribution in [0.5, 0.6) is 0 Å². The first kappa shape index (κ1) is 10.0. The molecule has 1 aliphatic rings. The maximum atomic E-state index is 3.56. The van der Waals surface area contributed by atoms with Crippen molar-refractivity contribution in [3.8, 4) is 0 Å². The van der Waals surface area contributed by atoms with Gasteiger partial charge in [0.15, 0.2) is 0 Å². The summed E-state index contributed by atoms with van der Waals surface area (Å²) in [5.74, 6) is 0. The van der Waals surface area contributed by atoms with E-state index >= 15 is 0 Å². The second-order valence-electron chi connectivity index (χ2n) is 4.28. The third-order valence-electron chi connectivity index (χ3n) is 3.12. The van der Waals surface area contributed by atoms with Crippen molar-refractivity contribution in [2.24, 2.45) is 5.41 Å². The molecule has 1 rings (SSSR count). The molecule has 0 aliphatic heterocycles. The second-order valence-corrected chi connectivity index (χ2v) is 4.28. The van der Waals surface area contributed by atoms with E-state index in [4.69, 9.17) is 0 Å². The van der Waals surface area contributed by atoms with E-state index in [-0.39, 0.29) is 0 Å². The first-order valence-electron chi connectivity index (χ1n) is 5.54. The summed E-state index contributed by atoms with van der Waals surface area (Å²) in [5, 5.41) is 3.56. The quantitative estimate of drug-likeness (QED) is 0.603. The SMILES string of the molecule is CCCNCC1(CCC)CCC1. The van der Waals surface area contributed by atoms with Gasteiger partial charge in [-0.25, -0.2) is 0 Å². The van der Waals surface area contributed by atoms with Crippen LogP contribution in [0.4, 0.5) is 0 Å². The highest BCUT2D eigenvalue weighted by Gasteiger charge is 2.34. The normalized spacial score (nSPS) is 20.5. The van der Waals surface area contributed by atoms with Crippen molar-refractivity contribution >= 4 is 0 Å². The summed E-state index contributed by atoms with van der Waals surface area (Å²) in [4.78, 5) is 0. The fourth-order valence-corrected chi connectivity index (χ4v) is 2.25. The molecule has 0 aromatic rings. The van der Waals surface area contributed by atoms with Crippen LogP contribution in [0, 0.1) is 5.41 Å². The Bertz CT molecular complexity index is 116. The molecule has 0 heterocycles. The molecule has 0 saturated heterocycles. The Balaban J connectivity index is 2.15. The Morgan fingerprint density at radius 3 is 2.33 bits per heavy atom. The summed E-state index contributed by atoms with van der Waals surface area (Å²) in [6.45, 7) is 7.01. The van der Waals surface area contributed by atoms with Gasteiger partial charge in [-0.15, -0.1) is 0 Å². The van der Waals surface area contributed by atoms with Crippen molar-refractivity contribution in [2.45, 2.75) is 52.4 Å². The lowest BCUT2D eigenvalue weighted by atomic mass is 9.66. The van der Waals surface area contributed by atoms with E-state index < -0.39 is 0 Å². The summed E-state index contributed by atoms with van der Waals surface area (Å²) < 4.78 is 0. The van der Waals surface area contributed by atoms with Crippen molar-refractivity contribution in [3.05, 3.63) is 0 Å². The summed E-state index contributed by atoms with van der Waals surface area (Å²) in [5.41, 5.74) is 0.712. The van der Waals surface area contributed by atoms with Gasteiger partial charge >= 0.3 is 0 Å². The van der Waals surface area contributed by atoms with Crippen LogP contribution in [-0.4, -0.2) is 13.1 Å². The van der Waals surface area contributed by atoms with Crippen molar-refractivity contribution < 1.29 is 0 Å². The molecule has 1 aliphatic carbocycles. The van der Waals surface area contributed by atoms with Gasteiger partial charge in [-0.2, -0.15) is 0 Å². The molecule has 72 valence electrons. The molecule has 0 unspecified atom stereocenters. The van der Waals surface area contributed by atoms with Crippen LogP contribution in [0.3, 0.4) is 0 Å². The number of rotatable bonds is 6. The summed E-state index contributed by atoms with van der Waals surface area (Å²) in [6.07, 6.45) is 8.46. The third kappa shape index (κ3) is 2.48. The zero-order chi connectivity index (χ0) is 8.86. The zero-order valence-electron chi connectivity index (χ0n) is 8.66. The molecule has 12 heavy (non-hydrogen) atoms. The van der Waals surface area contributed by atoms with E-state index in [1.807, 2.05) is 0 Å². The van der Waals surface area contributed by atoms with Gasteiger partial charge < -0.3 is 5.32 Å². The molecule has 0 spiro atoms. The monoisotopic (exact) mass is 169 g/mol. The van der Waals surface area contributed by atoms with Gasteiger partial charge in [-0.1, -0.05) is 26.7 Å². The van der Waals surface area contributed by atoms with Gasteiger partial charge in [0.05, 0.1) is 0 Å². The maximum absolute atomic E-state index is 3.56. The van der Waals surface area contributed by atoms with Crippen LogP contribution in [0.15, 0.2) is 0 Å². The molecule has 0 radical (unpaired) electrons. The average molecular weight is 169 g/mol. The molecule has 0 aromatic heterocycles. The molecule has 1 N–H and O–H groups in total. The standard InChI is InChI=1S/C11H23N/c1-3-6-11(7-5-8-11)10-12-9-4-2/h12H,3-10H2,1-2H3. The topological polar surface area (TPSA) is 12.0 Å². The smallest absolute Gasteiger partial charge is 0.000780 e. The van der Waals surface area contributed by atoms with Gasteiger partial charge in [-0.3, -0.25) is 0 Å². The molecular weight excluding hydrogens is 146 g/mol. The van der Waals surface area contributed by atoms with Gasteiger partial charge in [0.1, 0.15) is 0 Å². The fourth-order valence-electron chi connectivity index (χ4n) is 2.25. The Morgan fingerprint density at radius 2 is 1.92 bits per heavy atom. The van der Waals surface area contributed by atoms with Gasteiger partial charge in [-0.05, 0) is 37.6 Å². The van der Waals surface area contributed by atoms with E-state index in [1.54, 1.807) is 0 Å². The second kappa shape index (κ2) is 4.86. The van der Waals surface area contributed by atoms with Crippen LogP contribution >= 0.6 is 0 Å². The van der Waals surface area contributed by atoms with Crippen molar-refractivity contribution in [1.29, 1.82) is 0 Å². The van der Waals surface area contributed by atoms with Crippen molar-refractivity contribution in [2.75, 3.05) is 13.1 Å². The van der Waals surface area contributed by atoms with E-state index in [0.29, 0.717) is 5.41 Å². The molecule has 1 saturated carbocycles. The van der Waals surface area contributed by atoms with E-state index in [1.165, 1.54) is 51.6 Å². The number of nitrogens with one attached hydrogen (secondary N) is 1. The first-order valence-corrected chi connectivity index (χ1v) is 5.54. The maximum Gasteiger partial charge on any atom is 0.000780 e. The molecule has 1 fully saturated rings. The minimum absolute atomic E-state index is 0.712. The number of hydrogen-bond donors (Lipinski definition) is 1. The fraction of sp³-hybridized carbons (Fsp3) is 1.00. The lowest BCUT2D eigenvalue weighted by molar-refractivity contribution is 0.116. The molecule has 1 nitrogen and oxygen atoms in total. The highest BCUT2D eigenvalue weighted by molar-refractivity contribution is 4.88. The summed E-state index contributed by atoms with van der Waals surface area (Å²) in [6, 6.07) is 0. The Hall–Kier alpha value is -0.0400. The van der Waals surface area contributed by atoms with Crippen LogP contribution in [0.2, 0.25) is 0 Å². The predicted molar refractivity (Wildman–Crippen MR) is 54.4 cm³/mol. The van der Waals surface area contributed by atoms with Crippen molar-refractivity contribution in [3.63, 3.8) is 0 Å². The minimum atomic E-state index is 0.712. The van der Waals surface area contributed by atoms with Crippen LogP contribution in [0.1, 0.15) is 52.4 Å². The van der Waals surface area contributed by atoms with Crippen molar-refractivity contribution in [1.82, 2.24) is 5.32 Å². The summed E-state index contributed by atoms with van der Waals surface area (Å²) in [7, 11) is 0. The molecule has 0 amide bonds. The first-order chi connectivity index (χ1) is 5.83. The molecule has 0 atom stereocenters. The largest absolute Gasteiger partial charge is 0.316 e. The molecular formula is C11H23N. The Labute approximate surface area is 76.9 Å². The van der Waals surface area contributed by atoms with E-state index in [9.17, 15) is 0 Å². The van der Waals surface area contributed by atoms with Crippen LogP contribution in [-0.2, 0) is 0 Å². The average Bonchev–Trinajstić information content (AvgIpc) is 2.00. The molecule has 0 aromatic carbocycles. The van der Waals surface area contributed by atoms with Crippen LogP contribution in [0.25, 0.3) is 0 Å². The predicted octanol–water partition coefficient (Wildman–Crippen LogP) is 2.96. The Kier molecular flexibility index (Phi) is 4.07. The Morgan fingerprint density at radius 1 is 1.17 bits per heavy atom. The zero-order valence-corrected chi connectivity index (χ0v) is 8.66. The highest BCUT2D eigenvalue weighted by atomic mass is 14.9. The lowest BCUT2D eigenvalue weighted by Crippen LogP contribution is -2.40. The molecule has 0 bridgehead atoms. The van der Waals surface area contributed by atoms with Gasteiger partial charge in [0.25, 0.3) is 0 Å². The lowest BCUT2D eigenvalue weighted by Gasteiger charge is -2.42. The van der Waals surface area contributed by atoms with Gasteiger partial charge in [0, 0.05) is 6.54 Å². The van der Waals surface area contributed by atoms with Crippen LogP contribution < -0.4 is 5.32 Å². The highest BCUT2D eigenvalue weighted by Crippen LogP contribution is 2.44. The van der Waals surface area contributed by atoms with E-state index in [0.717, 1.165) is 0 Å². The third-order valence-corrected chi connectivity index (χ3v) is 3.12.